The SMILES string of the molecule is CC(C)(C)OC(=O)CCOCCOCCOCCN(CCOCCN=[N+]=[N-])CCOCCOCCOCCC(=O)OC(C)(C)C. The zero-order valence-electron chi connectivity index (χ0n) is 28.4. The summed E-state index contributed by atoms with van der Waals surface area (Å²) in [5, 5.41) is 3.46. The summed E-state index contributed by atoms with van der Waals surface area (Å²) in [6.07, 6.45) is 0.424. The number of rotatable bonds is 30. The van der Waals surface area contributed by atoms with Crippen molar-refractivity contribution in [1.82, 2.24) is 4.90 Å². The minimum Gasteiger partial charge on any atom is -0.460 e. The zero-order chi connectivity index (χ0) is 33.7. The number of nitrogens with zero attached hydrogens (tertiary/aromatic N) is 4. The van der Waals surface area contributed by atoms with Crippen molar-refractivity contribution in [2.75, 3.05) is 119 Å². The predicted molar refractivity (Wildman–Crippen MR) is 167 cm³/mol. The Morgan fingerprint density at radius 3 is 1.18 bits per heavy atom. The maximum Gasteiger partial charge on any atom is 0.308 e. The Labute approximate surface area is 269 Å². The van der Waals surface area contributed by atoms with Gasteiger partial charge in [-0.25, -0.2) is 0 Å². The van der Waals surface area contributed by atoms with Gasteiger partial charge in [-0.15, -0.1) is 0 Å². The first-order chi connectivity index (χ1) is 21.4. The standard InChI is InChI=1S/C30H58N4O11/c1-29(2,3)44-27(35)7-13-37-19-23-42-25-21-40-17-11-34(10-16-39-15-9-32-33-31)12-18-41-22-26-43-24-20-38-14-8-28(36)45-30(4,5)6/h7-26H2,1-6H3. The van der Waals surface area contributed by atoms with Gasteiger partial charge in [0.1, 0.15) is 11.2 Å². The van der Waals surface area contributed by atoms with Gasteiger partial charge in [0.25, 0.3) is 0 Å². The zero-order valence-corrected chi connectivity index (χ0v) is 28.4. The topological polar surface area (TPSA) is 169 Å². The van der Waals surface area contributed by atoms with Crippen molar-refractivity contribution in [3.63, 3.8) is 0 Å². The molecular weight excluding hydrogens is 592 g/mol. The van der Waals surface area contributed by atoms with Gasteiger partial charge in [0.2, 0.25) is 0 Å². The third kappa shape index (κ3) is 34.6. The van der Waals surface area contributed by atoms with E-state index in [0.29, 0.717) is 119 Å². The van der Waals surface area contributed by atoms with Crippen molar-refractivity contribution in [3.8, 4) is 0 Å². The molecule has 0 heterocycles. The monoisotopic (exact) mass is 650 g/mol. The van der Waals surface area contributed by atoms with E-state index >= 15 is 0 Å². The maximum atomic E-state index is 11.6. The van der Waals surface area contributed by atoms with Crippen molar-refractivity contribution in [1.29, 1.82) is 0 Å². The first-order valence-corrected chi connectivity index (χ1v) is 15.6. The molecule has 0 aliphatic rings. The summed E-state index contributed by atoms with van der Waals surface area (Å²) >= 11 is 0. The van der Waals surface area contributed by atoms with Crippen molar-refractivity contribution in [2.24, 2.45) is 5.11 Å². The molecule has 0 fully saturated rings. The molecule has 0 aromatic heterocycles. The first kappa shape index (κ1) is 42.9. The van der Waals surface area contributed by atoms with Crippen molar-refractivity contribution < 1.29 is 52.2 Å². The highest BCUT2D eigenvalue weighted by Gasteiger charge is 2.16. The smallest absolute Gasteiger partial charge is 0.308 e. The molecule has 0 atom stereocenters. The van der Waals surface area contributed by atoms with Gasteiger partial charge in [-0.1, -0.05) is 5.11 Å². The Morgan fingerprint density at radius 1 is 0.533 bits per heavy atom. The Balaban J connectivity index is 3.91. The summed E-state index contributed by atoms with van der Waals surface area (Å²) in [5.41, 5.74) is 7.38. The average Bonchev–Trinajstić information content (AvgIpc) is 2.94. The van der Waals surface area contributed by atoms with E-state index in [1.165, 1.54) is 0 Å². The summed E-state index contributed by atoms with van der Waals surface area (Å²) in [6.45, 7) is 19.2. The van der Waals surface area contributed by atoms with Crippen LogP contribution in [0.1, 0.15) is 54.4 Å². The van der Waals surface area contributed by atoms with Crippen LogP contribution in [-0.2, 0) is 52.2 Å². The van der Waals surface area contributed by atoms with E-state index in [1.807, 2.05) is 41.5 Å². The van der Waals surface area contributed by atoms with Crippen molar-refractivity contribution in [3.05, 3.63) is 10.4 Å². The summed E-state index contributed by atoms with van der Waals surface area (Å²) < 4.78 is 49.2. The molecule has 15 nitrogen and oxygen atoms in total. The van der Waals surface area contributed by atoms with Crippen LogP contribution in [0.4, 0.5) is 0 Å². The number of esters is 2. The van der Waals surface area contributed by atoms with Crippen LogP contribution < -0.4 is 0 Å². The molecule has 0 radical (unpaired) electrons. The van der Waals surface area contributed by atoms with E-state index in [-0.39, 0.29) is 24.8 Å². The molecule has 0 unspecified atom stereocenters. The molecule has 0 aliphatic carbocycles. The first-order valence-electron chi connectivity index (χ1n) is 15.6. The van der Waals surface area contributed by atoms with E-state index in [0.717, 1.165) is 0 Å². The summed E-state index contributed by atoms with van der Waals surface area (Å²) in [7, 11) is 0. The Kier molecular flexibility index (Phi) is 26.9. The number of ether oxygens (including phenoxy) is 9. The number of azide groups is 1. The molecule has 0 spiro atoms. The molecule has 0 saturated carbocycles. The molecule has 264 valence electrons. The van der Waals surface area contributed by atoms with E-state index in [2.05, 4.69) is 14.9 Å². The predicted octanol–water partition coefficient (Wildman–Crippen LogP) is 3.18. The molecule has 0 aliphatic heterocycles. The highest BCUT2D eigenvalue weighted by molar-refractivity contribution is 5.70. The largest absolute Gasteiger partial charge is 0.460 e. The van der Waals surface area contributed by atoms with Crippen molar-refractivity contribution in [2.45, 2.75) is 65.6 Å². The van der Waals surface area contributed by atoms with Gasteiger partial charge in [0.15, 0.2) is 0 Å². The van der Waals surface area contributed by atoms with Gasteiger partial charge < -0.3 is 42.6 Å². The van der Waals surface area contributed by atoms with Crippen LogP contribution in [0.3, 0.4) is 0 Å². The number of hydrogen-bond donors (Lipinski definition) is 0. The molecule has 0 N–H and O–H groups in total. The van der Waals surface area contributed by atoms with Crippen LogP contribution in [-0.4, -0.2) is 147 Å². The van der Waals surface area contributed by atoms with E-state index in [4.69, 9.17) is 48.2 Å². The number of hydrogen-bond acceptors (Lipinski definition) is 13. The van der Waals surface area contributed by atoms with Crippen LogP contribution in [0.5, 0.6) is 0 Å². The van der Waals surface area contributed by atoms with E-state index in [1.54, 1.807) is 0 Å². The third-order valence-electron chi connectivity index (χ3n) is 5.28. The van der Waals surface area contributed by atoms with E-state index in [9.17, 15) is 9.59 Å². The summed E-state index contributed by atoms with van der Waals surface area (Å²) in [4.78, 5) is 28.2. The number of carbonyl (C=O) groups is 2. The quantitative estimate of drug-likeness (QED) is 0.0366. The minimum absolute atomic E-state index is 0.212. The lowest BCUT2D eigenvalue weighted by molar-refractivity contribution is -0.157. The Morgan fingerprint density at radius 2 is 0.844 bits per heavy atom. The van der Waals surface area contributed by atoms with Gasteiger partial charge >= 0.3 is 11.9 Å². The van der Waals surface area contributed by atoms with Gasteiger partial charge in [-0.2, -0.15) is 0 Å². The molecule has 15 heteroatoms. The normalized spacial score (nSPS) is 11.9. The minimum atomic E-state index is -0.493. The lowest BCUT2D eigenvalue weighted by atomic mass is 10.2. The second kappa shape index (κ2) is 28.2. The molecule has 0 aromatic rings. The maximum absolute atomic E-state index is 11.6. The van der Waals surface area contributed by atoms with Crippen LogP contribution in [0.15, 0.2) is 5.11 Å². The van der Waals surface area contributed by atoms with Gasteiger partial charge in [-0.3, -0.25) is 14.5 Å². The lowest BCUT2D eigenvalue weighted by Crippen LogP contribution is -2.34. The summed E-state index contributed by atoms with van der Waals surface area (Å²) in [5.74, 6) is -0.559. The molecule has 0 aromatic carbocycles. The highest BCUT2D eigenvalue weighted by Crippen LogP contribution is 2.09. The van der Waals surface area contributed by atoms with Crippen LogP contribution in [0.2, 0.25) is 0 Å². The second-order valence-electron chi connectivity index (χ2n) is 11.8. The van der Waals surface area contributed by atoms with Gasteiger partial charge in [0, 0.05) is 31.1 Å². The molecule has 0 bridgehead atoms. The van der Waals surface area contributed by atoms with Gasteiger partial charge in [0.05, 0.1) is 105 Å². The lowest BCUT2D eigenvalue weighted by Gasteiger charge is -2.22. The fraction of sp³-hybridized carbons (Fsp3) is 0.933. The van der Waals surface area contributed by atoms with Crippen LogP contribution in [0, 0.1) is 0 Å². The Hall–Kier alpha value is -2.07. The van der Waals surface area contributed by atoms with Crippen LogP contribution in [0.25, 0.3) is 10.4 Å². The highest BCUT2D eigenvalue weighted by atomic mass is 16.6. The average molecular weight is 651 g/mol. The van der Waals surface area contributed by atoms with Crippen LogP contribution >= 0.6 is 0 Å². The third-order valence-corrected chi connectivity index (χ3v) is 5.28. The molecule has 0 saturated heterocycles. The number of carbonyl (C=O) groups excluding carboxylic acids is 2. The second-order valence-corrected chi connectivity index (χ2v) is 11.8. The van der Waals surface area contributed by atoms with E-state index < -0.39 is 11.2 Å². The fourth-order valence-corrected chi connectivity index (χ4v) is 3.35. The van der Waals surface area contributed by atoms with Gasteiger partial charge in [-0.05, 0) is 47.1 Å². The molecule has 45 heavy (non-hydrogen) atoms. The molecule has 0 amide bonds. The Bertz CT molecular complexity index is 735. The molecule has 0 rings (SSSR count). The molecular formula is C30H58N4O11. The van der Waals surface area contributed by atoms with Crippen molar-refractivity contribution >= 4 is 11.9 Å². The fourth-order valence-electron chi connectivity index (χ4n) is 3.35. The summed E-state index contributed by atoms with van der Waals surface area (Å²) in [6, 6.07) is 0.